The van der Waals surface area contributed by atoms with Crippen LogP contribution in [-0.2, 0) is 17.7 Å². The lowest BCUT2D eigenvalue weighted by atomic mass is 9.96. The first-order chi connectivity index (χ1) is 10.1. The Bertz CT molecular complexity index is 376. The molecule has 2 unspecified atom stereocenters. The summed E-state index contributed by atoms with van der Waals surface area (Å²) in [4.78, 5) is 4.55. The van der Waals surface area contributed by atoms with Crippen molar-refractivity contribution in [2.75, 3.05) is 13.2 Å². The summed E-state index contributed by atoms with van der Waals surface area (Å²) in [6.45, 7) is 13.8. The van der Waals surface area contributed by atoms with Gasteiger partial charge in [0, 0.05) is 38.0 Å². The molecule has 0 spiro atoms. The van der Waals surface area contributed by atoms with E-state index in [0.717, 1.165) is 44.8 Å². The summed E-state index contributed by atoms with van der Waals surface area (Å²) in [6.07, 6.45) is 7.42. The molecule has 0 radical (unpaired) electrons. The van der Waals surface area contributed by atoms with Gasteiger partial charge >= 0.3 is 0 Å². The second-order valence-corrected chi connectivity index (χ2v) is 5.97. The van der Waals surface area contributed by atoms with Gasteiger partial charge in [-0.15, -0.1) is 0 Å². The molecule has 0 saturated heterocycles. The zero-order valence-corrected chi connectivity index (χ0v) is 14.4. The monoisotopic (exact) mass is 295 g/mol. The Labute approximate surface area is 130 Å². The first kappa shape index (κ1) is 18.2. The number of hydrogen-bond acceptors (Lipinski definition) is 3. The van der Waals surface area contributed by atoms with E-state index in [1.54, 1.807) is 0 Å². The molecule has 0 aromatic carbocycles. The molecular formula is C17H33N3O. The van der Waals surface area contributed by atoms with Crippen LogP contribution in [0, 0.1) is 5.92 Å². The van der Waals surface area contributed by atoms with Crippen LogP contribution in [0.25, 0.3) is 0 Å². The van der Waals surface area contributed by atoms with Gasteiger partial charge in [0.05, 0.1) is 6.10 Å². The molecule has 122 valence electrons. The van der Waals surface area contributed by atoms with Crippen molar-refractivity contribution in [3.8, 4) is 0 Å². The summed E-state index contributed by atoms with van der Waals surface area (Å²) in [7, 11) is 0. The maximum atomic E-state index is 6.01. The number of aromatic nitrogens is 2. The lowest BCUT2D eigenvalue weighted by Gasteiger charge is -2.31. The predicted octanol–water partition coefficient (Wildman–Crippen LogP) is 3.26. The van der Waals surface area contributed by atoms with Crippen molar-refractivity contribution in [1.82, 2.24) is 14.9 Å². The second-order valence-electron chi connectivity index (χ2n) is 5.97. The van der Waals surface area contributed by atoms with E-state index in [-0.39, 0.29) is 6.10 Å². The molecule has 0 amide bonds. The number of nitrogens with zero attached hydrogens (tertiary/aromatic N) is 2. The predicted molar refractivity (Wildman–Crippen MR) is 88.6 cm³/mol. The topological polar surface area (TPSA) is 39.1 Å². The molecule has 0 bridgehead atoms. The van der Waals surface area contributed by atoms with Crippen LogP contribution < -0.4 is 5.32 Å². The molecule has 0 aliphatic rings. The normalized spacial score (nSPS) is 14.6. The lowest BCUT2D eigenvalue weighted by Crippen LogP contribution is -2.46. The Hall–Kier alpha value is -0.870. The van der Waals surface area contributed by atoms with Gasteiger partial charge in [-0.1, -0.05) is 27.7 Å². The fourth-order valence-electron chi connectivity index (χ4n) is 2.77. The van der Waals surface area contributed by atoms with Gasteiger partial charge in [0.15, 0.2) is 0 Å². The highest BCUT2D eigenvalue weighted by Gasteiger charge is 2.26. The quantitative estimate of drug-likeness (QED) is 0.681. The Morgan fingerprint density at radius 2 is 2.00 bits per heavy atom. The summed E-state index contributed by atoms with van der Waals surface area (Å²) >= 11 is 0. The smallest absolute Gasteiger partial charge is 0.110 e. The van der Waals surface area contributed by atoms with Crippen LogP contribution in [0.1, 0.15) is 53.3 Å². The average molecular weight is 295 g/mol. The molecule has 4 heteroatoms. The van der Waals surface area contributed by atoms with E-state index in [4.69, 9.17) is 4.74 Å². The molecular weight excluding hydrogens is 262 g/mol. The van der Waals surface area contributed by atoms with Crippen LogP contribution in [-0.4, -0.2) is 34.8 Å². The Kier molecular flexibility index (Phi) is 8.62. The molecule has 4 nitrogen and oxygen atoms in total. The molecule has 0 aliphatic carbocycles. The highest BCUT2D eigenvalue weighted by Crippen LogP contribution is 2.16. The van der Waals surface area contributed by atoms with Crippen LogP contribution in [0.5, 0.6) is 0 Å². The van der Waals surface area contributed by atoms with Crippen LogP contribution in [0.3, 0.4) is 0 Å². The second kappa shape index (κ2) is 9.96. The summed E-state index contributed by atoms with van der Waals surface area (Å²) in [5, 5.41) is 3.66. The van der Waals surface area contributed by atoms with Crippen molar-refractivity contribution in [1.29, 1.82) is 0 Å². The Balaban J connectivity index is 2.82. The fourth-order valence-corrected chi connectivity index (χ4v) is 2.77. The fraction of sp³-hybridized carbons (Fsp3) is 0.824. The Morgan fingerprint density at radius 1 is 1.24 bits per heavy atom. The average Bonchev–Trinajstić information content (AvgIpc) is 2.88. The van der Waals surface area contributed by atoms with Gasteiger partial charge in [0.25, 0.3) is 0 Å². The molecule has 0 saturated carbocycles. The van der Waals surface area contributed by atoms with Crippen LogP contribution in [0.4, 0.5) is 0 Å². The van der Waals surface area contributed by atoms with Crippen molar-refractivity contribution < 1.29 is 4.74 Å². The zero-order chi connectivity index (χ0) is 15.7. The third-order valence-electron chi connectivity index (χ3n) is 3.74. The van der Waals surface area contributed by atoms with Gasteiger partial charge in [-0.3, -0.25) is 0 Å². The zero-order valence-electron chi connectivity index (χ0n) is 14.4. The van der Waals surface area contributed by atoms with E-state index in [1.165, 1.54) is 0 Å². The molecule has 0 aliphatic heterocycles. The molecule has 0 fully saturated rings. The summed E-state index contributed by atoms with van der Waals surface area (Å²) in [6, 6.07) is 0.322. The maximum absolute atomic E-state index is 6.01. The van der Waals surface area contributed by atoms with Crippen molar-refractivity contribution in [3.63, 3.8) is 0 Å². The minimum absolute atomic E-state index is 0.230. The molecule has 21 heavy (non-hydrogen) atoms. The number of nitrogens with one attached hydrogen (secondary N) is 1. The van der Waals surface area contributed by atoms with Gasteiger partial charge in [0.2, 0.25) is 0 Å². The molecule has 1 N–H and O–H groups in total. The van der Waals surface area contributed by atoms with Crippen molar-refractivity contribution in [3.05, 3.63) is 18.2 Å². The SMILES string of the molecule is CCCNC(Cc1nccn1CCC)C(OCC)C(C)C. The van der Waals surface area contributed by atoms with Crippen molar-refractivity contribution >= 4 is 0 Å². The first-order valence-corrected chi connectivity index (χ1v) is 8.48. The molecule has 1 aromatic heterocycles. The lowest BCUT2D eigenvalue weighted by molar-refractivity contribution is 0.00300. The highest BCUT2D eigenvalue weighted by molar-refractivity contribution is 4.98. The van der Waals surface area contributed by atoms with Crippen molar-refractivity contribution in [2.24, 2.45) is 5.92 Å². The highest BCUT2D eigenvalue weighted by atomic mass is 16.5. The standard InChI is InChI=1S/C17H33N3O/c1-6-9-18-15(17(14(4)5)21-8-3)13-16-19-10-12-20(16)11-7-2/h10,12,14-15,17-18H,6-9,11,13H2,1-5H3. The van der Waals surface area contributed by atoms with Crippen LogP contribution in [0.2, 0.25) is 0 Å². The third kappa shape index (κ3) is 5.79. The van der Waals surface area contributed by atoms with Gasteiger partial charge in [-0.25, -0.2) is 4.98 Å². The van der Waals surface area contributed by atoms with Gasteiger partial charge in [-0.2, -0.15) is 0 Å². The molecule has 1 heterocycles. The van der Waals surface area contributed by atoms with Crippen LogP contribution in [0.15, 0.2) is 12.4 Å². The van der Waals surface area contributed by atoms with E-state index < -0.39 is 0 Å². The van der Waals surface area contributed by atoms with Gasteiger partial charge < -0.3 is 14.6 Å². The van der Waals surface area contributed by atoms with E-state index in [2.05, 4.69) is 55.7 Å². The van der Waals surface area contributed by atoms with Gasteiger partial charge in [-0.05, 0) is 32.2 Å². The van der Waals surface area contributed by atoms with Crippen LogP contribution >= 0.6 is 0 Å². The molecule has 1 rings (SSSR count). The summed E-state index contributed by atoms with van der Waals surface area (Å²) < 4.78 is 8.28. The molecule has 1 aromatic rings. The number of hydrogen-bond donors (Lipinski definition) is 1. The minimum Gasteiger partial charge on any atom is -0.377 e. The van der Waals surface area contributed by atoms with Crippen molar-refractivity contribution in [2.45, 2.75) is 72.6 Å². The number of ether oxygens (including phenoxy) is 1. The third-order valence-corrected chi connectivity index (χ3v) is 3.74. The van der Waals surface area contributed by atoms with E-state index in [9.17, 15) is 0 Å². The van der Waals surface area contributed by atoms with E-state index >= 15 is 0 Å². The summed E-state index contributed by atoms with van der Waals surface area (Å²) in [5.74, 6) is 1.66. The minimum atomic E-state index is 0.230. The molecule has 2 atom stereocenters. The van der Waals surface area contributed by atoms with E-state index in [1.807, 2.05) is 6.20 Å². The number of rotatable bonds is 11. The maximum Gasteiger partial charge on any atom is 0.110 e. The Morgan fingerprint density at radius 3 is 2.57 bits per heavy atom. The summed E-state index contributed by atoms with van der Waals surface area (Å²) in [5.41, 5.74) is 0. The number of aryl methyl sites for hydroxylation is 1. The largest absolute Gasteiger partial charge is 0.377 e. The number of imidazole rings is 1. The van der Waals surface area contributed by atoms with Gasteiger partial charge in [0.1, 0.15) is 5.82 Å². The van der Waals surface area contributed by atoms with E-state index in [0.29, 0.717) is 12.0 Å². The first-order valence-electron chi connectivity index (χ1n) is 8.48.